The molecule has 1 amide bonds. The van der Waals surface area contributed by atoms with Crippen LogP contribution in [0.1, 0.15) is 47.3 Å². The van der Waals surface area contributed by atoms with Gasteiger partial charge in [0.2, 0.25) is 0 Å². The molecule has 10 heteroatoms. The van der Waals surface area contributed by atoms with Crippen LogP contribution in [0.3, 0.4) is 0 Å². The van der Waals surface area contributed by atoms with Gasteiger partial charge in [-0.2, -0.15) is 8.78 Å². The molecule has 1 aliphatic heterocycles. The zero-order valence-corrected chi connectivity index (χ0v) is 14.5. The number of nitrogens with two attached hydrogens (primary N) is 2. The molecule has 6 N–H and O–H groups in total. The van der Waals surface area contributed by atoms with Crippen LogP contribution >= 0.6 is 0 Å². The van der Waals surface area contributed by atoms with Crippen LogP contribution in [0, 0.1) is 5.82 Å². The molecule has 146 valence electrons. The van der Waals surface area contributed by atoms with E-state index in [1.54, 1.807) is 0 Å². The third-order valence-electron chi connectivity index (χ3n) is 4.81. The first-order valence-electron chi connectivity index (χ1n) is 8.68. The van der Waals surface area contributed by atoms with E-state index in [1.165, 1.54) is 0 Å². The number of rotatable bonds is 5. The highest BCUT2D eigenvalue weighted by Gasteiger charge is 2.32. The summed E-state index contributed by atoms with van der Waals surface area (Å²) < 4.78 is 39.8. The minimum atomic E-state index is -2.94. The number of carbonyl (C=O) groups is 1. The Bertz CT molecular complexity index is 795. The Morgan fingerprint density at radius 3 is 2.78 bits per heavy atom. The standard InChI is InChI=1S/C17H21F3N6O/c18-13-9-7-23-16(27)12(9)14(8(5-21)6-24-17(19)20)26-15(13)25-11-4-2-1-3-10(11)22/h5-6,10-11,17H,1-4,7,21-22H2,(H,23,27)(H,25,26). The molecule has 1 aromatic heterocycles. The lowest BCUT2D eigenvalue weighted by Crippen LogP contribution is -2.43. The Morgan fingerprint density at radius 1 is 1.37 bits per heavy atom. The largest absolute Gasteiger partial charge is 0.404 e. The SMILES string of the molecule is NC=C(C=NC(F)F)c1nc(NC2CCCCC2N)c(F)c2c1C(=O)NC2. The first-order chi connectivity index (χ1) is 12.9. The molecule has 0 bridgehead atoms. The molecule has 2 heterocycles. The Labute approximate surface area is 154 Å². The number of hydrogen-bond acceptors (Lipinski definition) is 6. The molecule has 0 aromatic carbocycles. The maximum absolute atomic E-state index is 14.9. The number of alkyl halides is 2. The van der Waals surface area contributed by atoms with Crippen molar-refractivity contribution in [1.82, 2.24) is 10.3 Å². The summed E-state index contributed by atoms with van der Waals surface area (Å²) >= 11 is 0. The zero-order valence-electron chi connectivity index (χ0n) is 14.5. The van der Waals surface area contributed by atoms with Crippen LogP contribution in [0.5, 0.6) is 0 Å². The molecule has 1 fully saturated rings. The fourth-order valence-corrected chi connectivity index (χ4v) is 3.42. The average Bonchev–Trinajstić information content (AvgIpc) is 3.02. The molecule has 0 saturated heterocycles. The van der Waals surface area contributed by atoms with Crippen LogP contribution in [0.4, 0.5) is 19.0 Å². The molecular formula is C17H21F3N6O. The van der Waals surface area contributed by atoms with Gasteiger partial charge in [0.15, 0.2) is 11.6 Å². The van der Waals surface area contributed by atoms with Crippen LogP contribution in [0.25, 0.3) is 5.57 Å². The Hall–Kier alpha value is -2.62. The van der Waals surface area contributed by atoms with Crippen molar-refractivity contribution < 1.29 is 18.0 Å². The van der Waals surface area contributed by atoms with Crippen molar-refractivity contribution in [2.45, 2.75) is 50.9 Å². The number of anilines is 1. The van der Waals surface area contributed by atoms with Crippen molar-refractivity contribution in [1.29, 1.82) is 0 Å². The second-order valence-electron chi connectivity index (χ2n) is 6.54. The van der Waals surface area contributed by atoms with Crippen LogP contribution < -0.4 is 22.1 Å². The number of halogens is 3. The second-order valence-corrected chi connectivity index (χ2v) is 6.54. The summed E-state index contributed by atoms with van der Waals surface area (Å²) in [5.74, 6) is -1.28. The quantitative estimate of drug-likeness (QED) is 0.457. The molecule has 27 heavy (non-hydrogen) atoms. The number of fused-ring (bicyclic) bond motifs is 1. The number of aromatic nitrogens is 1. The van der Waals surface area contributed by atoms with E-state index in [2.05, 4.69) is 20.6 Å². The number of aliphatic imine (C=N–C) groups is 1. The van der Waals surface area contributed by atoms with Gasteiger partial charge in [0.05, 0.1) is 11.3 Å². The van der Waals surface area contributed by atoms with E-state index in [9.17, 15) is 18.0 Å². The van der Waals surface area contributed by atoms with E-state index in [0.29, 0.717) is 0 Å². The number of nitrogens with zero attached hydrogens (tertiary/aromatic N) is 2. The Balaban J connectivity index is 2.04. The molecule has 1 aliphatic carbocycles. The zero-order chi connectivity index (χ0) is 19.6. The van der Waals surface area contributed by atoms with Crippen LogP contribution in [-0.2, 0) is 6.54 Å². The molecule has 0 spiro atoms. The van der Waals surface area contributed by atoms with Gasteiger partial charge in [-0.25, -0.2) is 14.4 Å². The number of nitrogens with one attached hydrogen (secondary N) is 2. The van der Waals surface area contributed by atoms with E-state index in [1.807, 2.05) is 0 Å². The van der Waals surface area contributed by atoms with Gasteiger partial charge in [-0.1, -0.05) is 12.8 Å². The number of amides is 1. The molecule has 1 aromatic rings. The van der Waals surface area contributed by atoms with E-state index in [-0.39, 0.29) is 46.8 Å². The average molecular weight is 382 g/mol. The Morgan fingerprint density at radius 2 is 2.11 bits per heavy atom. The maximum Gasteiger partial charge on any atom is 0.331 e. The molecule has 2 unspecified atom stereocenters. The fraction of sp³-hybridized carbons (Fsp3) is 0.471. The predicted octanol–water partition coefficient (Wildman–Crippen LogP) is 1.74. The summed E-state index contributed by atoms with van der Waals surface area (Å²) in [5, 5.41) is 5.53. The third-order valence-corrected chi connectivity index (χ3v) is 4.81. The van der Waals surface area contributed by atoms with Crippen molar-refractivity contribution in [3.05, 3.63) is 28.8 Å². The lowest BCUT2D eigenvalue weighted by Gasteiger charge is -2.30. The highest BCUT2D eigenvalue weighted by atomic mass is 19.3. The number of carbonyl (C=O) groups excluding carboxylic acids is 1. The molecule has 7 nitrogen and oxygen atoms in total. The molecule has 2 aliphatic rings. The summed E-state index contributed by atoms with van der Waals surface area (Å²) in [6.07, 6.45) is 5.37. The summed E-state index contributed by atoms with van der Waals surface area (Å²) in [7, 11) is 0. The van der Waals surface area contributed by atoms with Gasteiger partial charge in [-0.15, -0.1) is 0 Å². The van der Waals surface area contributed by atoms with Crippen molar-refractivity contribution >= 4 is 23.5 Å². The normalized spacial score (nSPS) is 23.0. The van der Waals surface area contributed by atoms with E-state index in [4.69, 9.17) is 11.5 Å². The van der Waals surface area contributed by atoms with Crippen LogP contribution in [0.2, 0.25) is 0 Å². The van der Waals surface area contributed by atoms with E-state index < -0.39 is 18.3 Å². The molecule has 1 saturated carbocycles. The van der Waals surface area contributed by atoms with Crippen LogP contribution in [-0.4, -0.2) is 35.7 Å². The van der Waals surface area contributed by atoms with Crippen LogP contribution in [0.15, 0.2) is 11.2 Å². The smallest absolute Gasteiger partial charge is 0.331 e. The number of pyridine rings is 1. The molecule has 3 rings (SSSR count). The fourth-order valence-electron chi connectivity index (χ4n) is 3.42. The van der Waals surface area contributed by atoms with Gasteiger partial charge in [0.25, 0.3) is 5.91 Å². The van der Waals surface area contributed by atoms with Crippen molar-refractivity contribution in [3.8, 4) is 0 Å². The van der Waals surface area contributed by atoms with Gasteiger partial charge in [-0.05, 0) is 12.8 Å². The van der Waals surface area contributed by atoms with E-state index in [0.717, 1.165) is 38.1 Å². The van der Waals surface area contributed by atoms with E-state index >= 15 is 0 Å². The predicted molar refractivity (Wildman–Crippen MR) is 95.9 cm³/mol. The van der Waals surface area contributed by atoms with Gasteiger partial charge in [-0.3, -0.25) is 4.79 Å². The Kier molecular flexibility index (Phi) is 5.64. The first-order valence-corrected chi connectivity index (χ1v) is 8.68. The monoisotopic (exact) mass is 382 g/mol. The molecular weight excluding hydrogens is 361 g/mol. The highest BCUT2D eigenvalue weighted by molar-refractivity contribution is 6.14. The van der Waals surface area contributed by atoms with Gasteiger partial charge in [0.1, 0.15) is 0 Å². The molecule has 0 radical (unpaired) electrons. The van der Waals surface area contributed by atoms with Crippen molar-refractivity contribution in [2.75, 3.05) is 5.32 Å². The van der Waals surface area contributed by atoms with Gasteiger partial charge < -0.3 is 22.1 Å². The minimum absolute atomic E-state index is 0.000167. The minimum Gasteiger partial charge on any atom is -0.404 e. The summed E-state index contributed by atoms with van der Waals surface area (Å²) in [6.45, 7) is -2.97. The highest BCUT2D eigenvalue weighted by Crippen LogP contribution is 2.31. The lowest BCUT2D eigenvalue weighted by molar-refractivity contribution is 0.0965. The third kappa shape index (κ3) is 3.90. The first kappa shape index (κ1) is 19.2. The number of hydrogen-bond donors (Lipinski definition) is 4. The maximum atomic E-state index is 14.9. The van der Waals surface area contributed by atoms with Gasteiger partial charge in [0, 0.05) is 42.2 Å². The van der Waals surface area contributed by atoms with Crippen molar-refractivity contribution in [3.63, 3.8) is 0 Å². The summed E-state index contributed by atoms with van der Waals surface area (Å²) in [6, 6.07) is -0.321. The topological polar surface area (TPSA) is 118 Å². The summed E-state index contributed by atoms with van der Waals surface area (Å²) in [5.41, 5.74) is 11.7. The lowest BCUT2D eigenvalue weighted by atomic mass is 9.91. The number of allylic oxidation sites excluding steroid dienone is 1. The second kappa shape index (κ2) is 7.95. The molecule has 2 atom stereocenters. The summed E-state index contributed by atoms with van der Waals surface area (Å²) in [4.78, 5) is 19.3. The van der Waals surface area contributed by atoms with Crippen molar-refractivity contribution in [2.24, 2.45) is 16.5 Å². The van der Waals surface area contributed by atoms with Gasteiger partial charge >= 0.3 is 6.55 Å².